The number of rotatable bonds is 6. The summed E-state index contributed by atoms with van der Waals surface area (Å²) >= 11 is 0. The fourth-order valence-electron chi connectivity index (χ4n) is 4.44. The first kappa shape index (κ1) is 21.7. The molecule has 2 aliphatic heterocycles. The molecule has 2 saturated heterocycles. The number of pyridine rings is 2. The van der Waals surface area contributed by atoms with Gasteiger partial charge in [0.2, 0.25) is 5.91 Å². The minimum Gasteiger partial charge on any atom is -0.379 e. The highest BCUT2D eigenvalue weighted by atomic mass is 16.5. The normalized spacial score (nSPS) is 19.2. The highest BCUT2D eigenvalue weighted by Gasteiger charge is 2.28. The van der Waals surface area contributed by atoms with E-state index < -0.39 is 0 Å². The highest BCUT2D eigenvalue weighted by Crippen LogP contribution is 2.29. The Kier molecular flexibility index (Phi) is 7.14. The summed E-state index contributed by atoms with van der Waals surface area (Å²) in [6.45, 7) is 9.91. The summed E-state index contributed by atoms with van der Waals surface area (Å²) in [5.74, 6) is 2.34. The first-order valence-electron chi connectivity index (χ1n) is 11.3. The quantitative estimate of drug-likeness (QED) is 0.769. The van der Waals surface area contributed by atoms with Crippen LogP contribution >= 0.6 is 0 Å². The van der Waals surface area contributed by atoms with E-state index in [1.807, 2.05) is 36.1 Å². The number of amides is 1. The maximum absolute atomic E-state index is 12.9. The highest BCUT2D eigenvalue weighted by molar-refractivity contribution is 5.78. The molecule has 1 atom stereocenters. The molecule has 2 fully saturated rings. The molecule has 0 saturated carbocycles. The molecule has 0 radical (unpaired) electrons. The molecule has 7 nitrogen and oxygen atoms in total. The minimum absolute atomic E-state index is 0.0296. The van der Waals surface area contributed by atoms with E-state index in [9.17, 15) is 4.79 Å². The van der Waals surface area contributed by atoms with E-state index in [1.165, 1.54) is 0 Å². The first-order chi connectivity index (χ1) is 15.1. The van der Waals surface area contributed by atoms with Crippen LogP contribution in [0.4, 0.5) is 11.6 Å². The van der Waals surface area contributed by atoms with Crippen LogP contribution in [0, 0.1) is 12.8 Å². The van der Waals surface area contributed by atoms with Crippen LogP contribution in [-0.2, 0) is 9.53 Å². The van der Waals surface area contributed by atoms with Crippen molar-refractivity contribution < 1.29 is 9.53 Å². The molecular weight excluding hydrogens is 390 g/mol. The number of likely N-dealkylation sites (tertiary alicyclic amines) is 1. The molecule has 4 rings (SSSR count). The third kappa shape index (κ3) is 5.60. The number of carbonyl (C=O) groups excluding carboxylic acids is 1. The van der Waals surface area contributed by atoms with Crippen molar-refractivity contribution in [2.75, 3.05) is 51.3 Å². The molecular formula is C24H33N5O2. The van der Waals surface area contributed by atoms with Gasteiger partial charge in [-0.25, -0.2) is 9.97 Å². The number of nitrogens with one attached hydrogen (secondary N) is 1. The zero-order valence-corrected chi connectivity index (χ0v) is 18.6. The molecule has 31 heavy (non-hydrogen) atoms. The van der Waals surface area contributed by atoms with Gasteiger partial charge in [0.15, 0.2) is 0 Å². The van der Waals surface area contributed by atoms with Crippen LogP contribution in [0.3, 0.4) is 0 Å². The van der Waals surface area contributed by atoms with Gasteiger partial charge in [-0.1, -0.05) is 19.1 Å². The van der Waals surface area contributed by atoms with Crippen molar-refractivity contribution >= 4 is 17.5 Å². The summed E-state index contributed by atoms with van der Waals surface area (Å²) in [7, 11) is 0. The minimum atomic E-state index is 0.0296. The number of piperidine rings is 1. The monoisotopic (exact) mass is 423 g/mol. The molecule has 1 amide bonds. The van der Waals surface area contributed by atoms with Gasteiger partial charge in [0.05, 0.1) is 13.2 Å². The summed E-state index contributed by atoms with van der Waals surface area (Å²) in [6, 6.07) is 10.1. The Morgan fingerprint density at radius 2 is 1.94 bits per heavy atom. The average Bonchev–Trinajstić information content (AvgIpc) is 2.81. The smallest absolute Gasteiger partial charge is 0.226 e. The number of morpholine rings is 1. The fourth-order valence-corrected chi connectivity index (χ4v) is 4.44. The van der Waals surface area contributed by atoms with Gasteiger partial charge in [-0.2, -0.15) is 0 Å². The van der Waals surface area contributed by atoms with Gasteiger partial charge in [0, 0.05) is 56.5 Å². The van der Waals surface area contributed by atoms with E-state index in [1.54, 1.807) is 6.20 Å². The van der Waals surface area contributed by atoms with Crippen molar-refractivity contribution in [3.05, 3.63) is 47.8 Å². The largest absolute Gasteiger partial charge is 0.379 e. The number of hydrogen-bond acceptors (Lipinski definition) is 6. The number of anilines is 2. The van der Waals surface area contributed by atoms with Crippen LogP contribution < -0.4 is 5.32 Å². The van der Waals surface area contributed by atoms with Crippen molar-refractivity contribution in [3.8, 4) is 0 Å². The number of hydrogen-bond donors (Lipinski definition) is 1. The van der Waals surface area contributed by atoms with Gasteiger partial charge in [-0.15, -0.1) is 0 Å². The Morgan fingerprint density at radius 1 is 1.16 bits per heavy atom. The fraction of sp³-hybridized carbons (Fsp3) is 0.542. The van der Waals surface area contributed by atoms with Crippen molar-refractivity contribution in [2.24, 2.45) is 5.92 Å². The van der Waals surface area contributed by atoms with Crippen LogP contribution in [0.15, 0.2) is 36.5 Å². The predicted molar refractivity (Wildman–Crippen MR) is 121 cm³/mol. The zero-order valence-electron chi connectivity index (χ0n) is 18.6. The molecule has 1 unspecified atom stereocenters. The molecule has 4 heterocycles. The second kappa shape index (κ2) is 10.2. The lowest BCUT2D eigenvalue weighted by atomic mass is 9.92. The van der Waals surface area contributed by atoms with Crippen LogP contribution in [0.1, 0.15) is 36.9 Å². The Labute approximate surface area is 184 Å². The van der Waals surface area contributed by atoms with E-state index in [4.69, 9.17) is 9.72 Å². The molecule has 2 aliphatic rings. The van der Waals surface area contributed by atoms with Crippen LogP contribution in [0.25, 0.3) is 0 Å². The molecule has 0 aliphatic carbocycles. The first-order valence-corrected chi connectivity index (χ1v) is 11.3. The number of ether oxygens (including phenoxy) is 1. The van der Waals surface area contributed by atoms with E-state index in [-0.39, 0.29) is 11.8 Å². The summed E-state index contributed by atoms with van der Waals surface area (Å²) in [5.41, 5.74) is 2.18. The van der Waals surface area contributed by atoms with E-state index in [0.29, 0.717) is 5.92 Å². The zero-order chi connectivity index (χ0) is 21.6. The van der Waals surface area contributed by atoms with E-state index in [0.717, 1.165) is 81.7 Å². The lowest BCUT2D eigenvalue weighted by molar-refractivity contribution is -0.137. The predicted octanol–water partition coefficient (Wildman–Crippen LogP) is 3.20. The molecule has 2 aromatic rings. The number of nitrogens with zero attached hydrogens (tertiary/aromatic N) is 4. The second-order valence-electron chi connectivity index (χ2n) is 8.66. The Morgan fingerprint density at radius 3 is 2.68 bits per heavy atom. The Hall–Kier alpha value is -2.51. The molecule has 2 aromatic heterocycles. The third-order valence-electron chi connectivity index (χ3n) is 6.31. The van der Waals surface area contributed by atoms with Gasteiger partial charge in [-0.3, -0.25) is 9.69 Å². The molecule has 166 valence electrons. The van der Waals surface area contributed by atoms with Crippen LogP contribution in [-0.4, -0.2) is 71.6 Å². The molecule has 0 aromatic carbocycles. The number of carbonyl (C=O) groups is 1. The van der Waals surface area contributed by atoms with Gasteiger partial charge < -0.3 is 15.0 Å². The van der Waals surface area contributed by atoms with Crippen molar-refractivity contribution in [1.82, 2.24) is 19.8 Å². The maximum atomic E-state index is 12.9. The Bertz CT molecular complexity index is 876. The molecule has 0 spiro atoms. The third-order valence-corrected chi connectivity index (χ3v) is 6.31. The summed E-state index contributed by atoms with van der Waals surface area (Å²) < 4.78 is 5.41. The number of aryl methyl sites for hydroxylation is 1. The lowest BCUT2D eigenvalue weighted by Gasteiger charge is -2.35. The van der Waals surface area contributed by atoms with Crippen molar-refractivity contribution in [2.45, 2.75) is 32.6 Å². The van der Waals surface area contributed by atoms with E-state index >= 15 is 0 Å². The van der Waals surface area contributed by atoms with Crippen LogP contribution in [0.2, 0.25) is 0 Å². The topological polar surface area (TPSA) is 70.6 Å². The van der Waals surface area contributed by atoms with Crippen molar-refractivity contribution in [3.63, 3.8) is 0 Å². The summed E-state index contributed by atoms with van der Waals surface area (Å²) in [4.78, 5) is 26.6. The van der Waals surface area contributed by atoms with Crippen LogP contribution in [0.5, 0.6) is 0 Å². The van der Waals surface area contributed by atoms with Gasteiger partial charge in [-0.05, 0) is 43.5 Å². The maximum Gasteiger partial charge on any atom is 0.226 e. The second-order valence-corrected chi connectivity index (χ2v) is 8.66. The van der Waals surface area contributed by atoms with Gasteiger partial charge in [0.1, 0.15) is 11.6 Å². The van der Waals surface area contributed by atoms with Crippen molar-refractivity contribution in [1.29, 1.82) is 0 Å². The molecule has 1 N–H and O–H groups in total. The molecule has 7 heteroatoms. The standard InChI is InChI=1S/C24H33N5O2/c1-18-5-4-10-25-23(18)27-22-7-3-6-21(26-22)20-8-11-29(12-9-20)24(30)19(2)17-28-13-15-31-16-14-28/h3-7,10,19-20H,8-9,11-17H2,1-2H3,(H,25,26,27). The van der Waals surface area contributed by atoms with E-state index in [2.05, 4.69) is 28.2 Å². The molecule has 0 bridgehead atoms. The van der Waals surface area contributed by atoms with Gasteiger partial charge >= 0.3 is 0 Å². The number of aromatic nitrogens is 2. The lowest BCUT2D eigenvalue weighted by Crippen LogP contribution is -2.46. The summed E-state index contributed by atoms with van der Waals surface area (Å²) in [6.07, 6.45) is 3.69. The SMILES string of the molecule is Cc1cccnc1Nc1cccc(C2CCN(C(=O)C(C)CN3CCOCC3)CC2)n1. The average molecular weight is 424 g/mol. The Balaban J connectivity index is 1.31. The van der Waals surface area contributed by atoms with Gasteiger partial charge in [0.25, 0.3) is 0 Å². The summed E-state index contributed by atoms with van der Waals surface area (Å²) in [5, 5.41) is 3.33.